The number of nitrogens with one attached hydrogen (secondary N) is 2. The van der Waals surface area contributed by atoms with E-state index in [-0.39, 0.29) is 11.8 Å². The molecule has 0 radical (unpaired) electrons. The minimum absolute atomic E-state index is 0.221. The largest absolute Gasteiger partial charge is 0.497 e. The number of methoxy groups -OCH3 is 1. The van der Waals surface area contributed by atoms with Crippen LogP contribution in [-0.2, 0) is 11.2 Å². The van der Waals surface area contributed by atoms with Gasteiger partial charge in [0, 0.05) is 9.99 Å². The number of rotatable bonds is 3. The van der Waals surface area contributed by atoms with Crippen molar-refractivity contribution >= 4 is 40.1 Å². The predicted molar refractivity (Wildman–Crippen MR) is 95.7 cm³/mol. The molecular weight excluding hydrogens is 407 g/mol. The molecule has 6 heteroatoms. The van der Waals surface area contributed by atoms with E-state index < -0.39 is 6.04 Å². The number of carbonyl (C=O) groups excluding carboxylic acids is 2. The average molecular weight is 422 g/mol. The molecule has 2 aromatic carbocycles. The molecule has 2 N–H and O–H groups in total. The van der Waals surface area contributed by atoms with Gasteiger partial charge in [-0.3, -0.25) is 9.59 Å². The molecule has 0 unspecified atom stereocenters. The van der Waals surface area contributed by atoms with E-state index in [0.717, 1.165) is 9.13 Å². The van der Waals surface area contributed by atoms with Gasteiger partial charge in [-0.05, 0) is 58.5 Å². The molecule has 2 amide bonds. The van der Waals surface area contributed by atoms with Crippen LogP contribution in [0.3, 0.4) is 0 Å². The van der Waals surface area contributed by atoms with E-state index >= 15 is 0 Å². The zero-order valence-electron chi connectivity index (χ0n) is 12.4. The first-order chi connectivity index (χ1) is 11.1. The van der Waals surface area contributed by atoms with Crippen molar-refractivity contribution in [3.63, 3.8) is 0 Å². The van der Waals surface area contributed by atoms with Crippen molar-refractivity contribution in [1.29, 1.82) is 0 Å². The van der Waals surface area contributed by atoms with Gasteiger partial charge in [0.2, 0.25) is 5.91 Å². The molecule has 1 atom stereocenters. The van der Waals surface area contributed by atoms with E-state index in [1.54, 1.807) is 18.2 Å². The van der Waals surface area contributed by atoms with Crippen molar-refractivity contribution in [2.24, 2.45) is 0 Å². The van der Waals surface area contributed by atoms with Crippen LogP contribution in [0, 0.1) is 3.57 Å². The van der Waals surface area contributed by atoms with Crippen LogP contribution in [0.5, 0.6) is 5.75 Å². The van der Waals surface area contributed by atoms with Crippen LogP contribution in [-0.4, -0.2) is 25.0 Å². The fourth-order valence-corrected chi connectivity index (χ4v) is 2.83. The highest BCUT2D eigenvalue weighted by molar-refractivity contribution is 14.1. The lowest BCUT2D eigenvalue weighted by atomic mass is 10.1. The maximum atomic E-state index is 12.4. The first-order valence-corrected chi connectivity index (χ1v) is 8.19. The van der Waals surface area contributed by atoms with Gasteiger partial charge in [0.15, 0.2) is 0 Å². The predicted octanol–water partition coefficient (Wildman–Crippen LogP) is 2.59. The highest BCUT2D eigenvalue weighted by Gasteiger charge is 2.28. The SMILES string of the molecule is COc1ccc2c(c1)C(=O)N[C@@H](Cc1ccc(I)cc1)C(=O)N2. The minimum atomic E-state index is -0.610. The number of hydrogen-bond acceptors (Lipinski definition) is 3. The van der Waals surface area contributed by atoms with Crippen molar-refractivity contribution in [2.75, 3.05) is 12.4 Å². The Morgan fingerprint density at radius 1 is 1.13 bits per heavy atom. The summed E-state index contributed by atoms with van der Waals surface area (Å²) in [6, 6.07) is 12.3. The molecule has 3 rings (SSSR count). The van der Waals surface area contributed by atoms with Crippen molar-refractivity contribution in [1.82, 2.24) is 5.32 Å². The Labute approximate surface area is 147 Å². The number of anilines is 1. The number of halogens is 1. The van der Waals surface area contributed by atoms with E-state index in [9.17, 15) is 9.59 Å². The maximum Gasteiger partial charge on any atom is 0.254 e. The van der Waals surface area contributed by atoms with E-state index in [1.165, 1.54) is 7.11 Å². The summed E-state index contributed by atoms with van der Waals surface area (Å²) in [7, 11) is 1.54. The molecule has 0 bridgehead atoms. The Balaban J connectivity index is 1.85. The first kappa shape index (κ1) is 15.8. The molecular formula is C17H15IN2O3. The van der Waals surface area contributed by atoms with Gasteiger partial charge in [0.25, 0.3) is 5.91 Å². The van der Waals surface area contributed by atoms with Gasteiger partial charge in [-0.15, -0.1) is 0 Å². The summed E-state index contributed by atoms with van der Waals surface area (Å²) in [4.78, 5) is 24.8. The van der Waals surface area contributed by atoms with E-state index in [1.807, 2.05) is 24.3 Å². The molecule has 1 aliphatic heterocycles. The summed E-state index contributed by atoms with van der Waals surface area (Å²) in [6.07, 6.45) is 0.444. The maximum absolute atomic E-state index is 12.4. The zero-order valence-corrected chi connectivity index (χ0v) is 14.6. The van der Waals surface area contributed by atoms with Gasteiger partial charge in [0.1, 0.15) is 11.8 Å². The molecule has 5 nitrogen and oxygen atoms in total. The second-order valence-corrected chi connectivity index (χ2v) is 6.50. The molecule has 0 fully saturated rings. The van der Waals surface area contributed by atoms with Crippen LogP contribution >= 0.6 is 22.6 Å². The van der Waals surface area contributed by atoms with Gasteiger partial charge in [0.05, 0.1) is 18.4 Å². The fourth-order valence-electron chi connectivity index (χ4n) is 2.47. The smallest absolute Gasteiger partial charge is 0.254 e. The molecule has 0 aromatic heterocycles. The van der Waals surface area contributed by atoms with E-state index in [2.05, 4.69) is 33.2 Å². The molecule has 1 aliphatic rings. The van der Waals surface area contributed by atoms with Gasteiger partial charge in [-0.1, -0.05) is 12.1 Å². The number of hydrogen-bond donors (Lipinski definition) is 2. The van der Waals surface area contributed by atoms with Crippen molar-refractivity contribution < 1.29 is 14.3 Å². The number of amides is 2. The van der Waals surface area contributed by atoms with Gasteiger partial charge in [-0.2, -0.15) is 0 Å². The summed E-state index contributed by atoms with van der Waals surface area (Å²) in [5.74, 6) is 0.0674. The molecule has 0 saturated heterocycles. The molecule has 0 saturated carbocycles. The topological polar surface area (TPSA) is 67.4 Å². The van der Waals surface area contributed by atoms with Gasteiger partial charge in [-0.25, -0.2) is 0 Å². The first-order valence-electron chi connectivity index (χ1n) is 7.11. The third-order valence-electron chi connectivity index (χ3n) is 3.70. The number of benzene rings is 2. The highest BCUT2D eigenvalue weighted by atomic mass is 127. The second kappa shape index (κ2) is 6.57. The summed E-state index contributed by atoms with van der Waals surface area (Å²) >= 11 is 2.23. The van der Waals surface area contributed by atoms with Gasteiger partial charge >= 0.3 is 0 Å². The summed E-state index contributed by atoms with van der Waals surface area (Å²) in [5.41, 5.74) is 1.90. The summed E-state index contributed by atoms with van der Waals surface area (Å²) in [5, 5.41) is 5.60. The molecule has 2 aromatic rings. The Kier molecular flexibility index (Phi) is 4.51. The quantitative estimate of drug-likeness (QED) is 0.748. The lowest BCUT2D eigenvalue weighted by Crippen LogP contribution is -2.42. The molecule has 1 heterocycles. The molecule has 23 heavy (non-hydrogen) atoms. The summed E-state index contributed by atoms with van der Waals surface area (Å²) in [6.45, 7) is 0. The Morgan fingerprint density at radius 3 is 2.57 bits per heavy atom. The number of fused-ring (bicyclic) bond motifs is 1. The fraction of sp³-hybridized carbons (Fsp3) is 0.176. The Morgan fingerprint density at radius 2 is 1.87 bits per heavy atom. The second-order valence-electron chi connectivity index (χ2n) is 5.26. The lowest BCUT2D eigenvalue weighted by molar-refractivity contribution is -0.117. The third-order valence-corrected chi connectivity index (χ3v) is 4.42. The number of ether oxygens (including phenoxy) is 1. The van der Waals surface area contributed by atoms with Crippen molar-refractivity contribution in [3.05, 3.63) is 57.2 Å². The normalized spacial score (nSPS) is 16.9. The van der Waals surface area contributed by atoms with Crippen molar-refractivity contribution in [3.8, 4) is 5.75 Å². The highest BCUT2D eigenvalue weighted by Crippen LogP contribution is 2.24. The van der Waals surface area contributed by atoms with Crippen molar-refractivity contribution in [2.45, 2.75) is 12.5 Å². The lowest BCUT2D eigenvalue weighted by Gasteiger charge is -2.14. The molecule has 0 spiro atoms. The monoisotopic (exact) mass is 422 g/mol. The van der Waals surface area contributed by atoms with Gasteiger partial charge < -0.3 is 15.4 Å². The number of carbonyl (C=O) groups is 2. The van der Waals surface area contributed by atoms with E-state index in [4.69, 9.17) is 4.74 Å². The van der Waals surface area contributed by atoms with Crippen LogP contribution in [0.4, 0.5) is 5.69 Å². The van der Waals surface area contributed by atoms with Crippen LogP contribution in [0.1, 0.15) is 15.9 Å². The summed E-state index contributed by atoms with van der Waals surface area (Å²) < 4.78 is 6.26. The third kappa shape index (κ3) is 3.47. The average Bonchev–Trinajstić information content (AvgIpc) is 2.66. The van der Waals surface area contributed by atoms with Crippen LogP contribution in [0.15, 0.2) is 42.5 Å². The molecule has 118 valence electrons. The Hall–Kier alpha value is -2.09. The van der Waals surface area contributed by atoms with Crippen LogP contribution < -0.4 is 15.4 Å². The molecule has 0 aliphatic carbocycles. The van der Waals surface area contributed by atoms with Crippen LogP contribution in [0.2, 0.25) is 0 Å². The van der Waals surface area contributed by atoms with E-state index in [0.29, 0.717) is 23.4 Å². The Bertz CT molecular complexity index is 759. The zero-order chi connectivity index (χ0) is 16.4. The minimum Gasteiger partial charge on any atom is -0.497 e. The van der Waals surface area contributed by atoms with Crippen LogP contribution in [0.25, 0.3) is 0 Å². The standard InChI is InChI=1S/C17H15IN2O3/c1-23-12-6-7-14-13(9-12)16(21)20-15(17(22)19-14)8-10-2-4-11(18)5-3-10/h2-7,9,15H,8H2,1H3,(H,19,22)(H,20,21)/t15-/m0/s1.